The molecule has 10 heteroatoms. The number of carbonyl (C=O) groups is 1. The third-order valence-electron chi connectivity index (χ3n) is 7.51. The van der Waals surface area contributed by atoms with Crippen LogP contribution in [-0.2, 0) is 0 Å². The van der Waals surface area contributed by atoms with Gasteiger partial charge in [0.2, 0.25) is 0 Å². The smallest absolute Gasteiger partial charge is 0.257 e. The van der Waals surface area contributed by atoms with Crippen molar-refractivity contribution in [1.82, 2.24) is 24.6 Å². The van der Waals surface area contributed by atoms with Crippen molar-refractivity contribution in [3.63, 3.8) is 0 Å². The van der Waals surface area contributed by atoms with E-state index in [0.717, 1.165) is 37.0 Å². The first-order valence-electron chi connectivity index (χ1n) is 12.5. The maximum absolute atomic E-state index is 13.8. The molecule has 0 saturated heterocycles. The minimum absolute atomic E-state index is 0.0130. The Morgan fingerprint density at radius 1 is 1.14 bits per heavy atom. The summed E-state index contributed by atoms with van der Waals surface area (Å²) in [6.07, 6.45) is 5.21. The van der Waals surface area contributed by atoms with Crippen molar-refractivity contribution in [3.05, 3.63) is 59.4 Å². The Morgan fingerprint density at radius 2 is 1.89 bits per heavy atom. The van der Waals surface area contributed by atoms with Crippen LogP contribution >= 0.6 is 11.6 Å². The molecule has 0 radical (unpaired) electrons. The molecule has 0 spiro atoms. The third-order valence-corrected chi connectivity index (χ3v) is 7.83. The van der Waals surface area contributed by atoms with E-state index in [1.54, 1.807) is 13.2 Å². The Morgan fingerprint density at radius 3 is 2.62 bits per heavy atom. The molecule has 2 atom stereocenters. The van der Waals surface area contributed by atoms with Gasteiger partial charge in [-0.05, 0) is 56.2 Å². The van der Waals surface area contributed by atoms with E-state index >= 15 is 0 Å². The van der Waals surface area contributed by atoms with E-state index < -0.39 is 0 Å². The molecule has 4 aromatic rings. The molecule has 6 rings (SSSR count). The minimum Gasteiger partial charge on any atom is -0.497 e. The van der Waals surface area contributed by atoms with E-state index in [2.05, 4.69) is 15.3 Å². The van der Waals surface area contributed by atoms with Crippen molar-refractivity contribution >= 4 is 40.0 Å². The van der Waals surface area contributed by atoms with Crippen molar-refractivity contribution in [1.29, 1.82) is 0 Å². The number of hydrogen-bond acceptors (Lipinski definition) is 7. The van der Waals surface area contributed by atoms with E-state index in [4.69, 9.17) is 27.2 Å². The van der Waals surface area contributed by atoms with Gasteiger partial charge in [-0.25, -0.2) is 14.6 Å². The van der Waals surface area contributed by atoms with Crippen LogP contribution in [0.4, 0.5) is 11.5 Å². The number of halogens is 1. The molecule has 1 saturated carbocycles. The average molecular weight is 518 g/mol. The summed E-state index contributed by atoms with van der Waals surface area (Å²) in [5, 5.41) is 9.78. The molecule has 190 valence electrons. The molecule has 3 N–H and O–H groups in total. The summed E-state index contributed by atoms with van der Waals surface area (Å²) < 4.78 is 7.17. The standard InChI is InChI=1S/C27H28ClN7O2/c1-15(25-32-23-19(8-5-9-20(23)28)27(36)34(25)17-6-3-4-7-17)35-26-21(24(29)30-14-31-26)22(33-35)16-10-12-18(37-2)13-11-16/h5,8-15,17,25,32H,3-4,6-7H2,1-2H3,(H2,29,30,31). The van der Waals surface area contributed by atoms with Crippen LogP contribution in [0.25, 0.3) is 22.3 Å². The minimum atomic E-state index is -0.383. The van der Waals surface area contributed by atoms with Crippen LogP contribution in [0.15, 0.2) is 48.8 Å². The molecule has 2 aromatic heterocycles. The normalized spacial score (nSPS) is 18.6. The van der Waals surface area contributed by atoms with Crippen LogP contribution in [0, 0.1) is 0 Å². The summed E-state index contributed by atoms with van der Waals surface area (Å²) in [6, 6.07) is 12.9. The Labute approximate surface area is 219 Å². The molecular formula is C27H28ClN7O2. The van der Waals surface area contributed by atoms with Gasteiger partial charge in [0, 0.05) is 11.6 Å². The first-order valence-corrected chi connectivity index (χ1v) is 12.9. The molecule has 0 bridgehead atoms. The van der Waals surface area contributed by atoms with E-state index in [1.807, 2.05) is 52.9 Å². The number of ether oxygens (including phenoxy) is 1. The van der Waals surface area contributed by atoms with Crippen LogP contribution in [0.5, 0.6) is 5.75 Å². The quantitative estimate of drug-likeness (QED) is 0.377. The Balaban J connectivity index is 1.48. The fraction of sp³-hybridized carbons (Fsp3) is 0.333. The fourth-order valence-corrected chi connectivity index (χ4v) is 5.85. The van der Waals surface area contributed by atoms with Gasteiger partial charge in [0.25, 0.3) is 5.91 Å². The van der Waals surface area contributed by atoms with Crippen molar-refractivity contribution in [2.75, 3.05) is 18.2 Å². The number of para-hydroxylation sites is 1. The topological polar surface area (TPSA) is 111 Å². The van der Waals surface area contributed by atoms with Gasteiger partial charge in [0.05, 0.1) is 34.8 Å². The van der Waals surface area contributed by atoms with Gasteiger partial charge in [-0.2, -0.15) is 5.10 Å². The molecular weight excluding hydrogens is 490 g/mol. The average Bonchev–Trinajstić information content (AvgIpc) is 3.58. The lowest BCUT2D eigenvalue weighted by molar-refractivity contribution is 0.0518. The molecule has 2 unspecified atom stereocenters. The number of hydrogen-bond donors (Lipinski definition) is 2. The van der Waals surface area contributed by atoms with E-state index in [0.29, 0.717) is 38.8 Å². The number of anilines is 2. The summed E-state index contributed by atoms with van der Waals surface area (Å²) in [5.41, 5.74) is 9.75. The molecule has 2 aliphatic rings. The lowest BCUT2D eigenvalue weighted by atomic mass is 10.0. The second-order valence-corrected chi connectivity index (χ2v) is 10.0. The van der Waals surface area contributed by atoms with Crippen LogP contribution in [0.1, 0.15) is 49.0 Å². The van der Waals surface area contributed by atoms with Crippen LogP contribution in [0.3, 0.4) is 0 Å². The predicted molar refractivity (Wildman–Crippen MR) is 144 cm³/mol. The highest BCUT2D eigenvalue weighted by molar-refractivity contribution is 6.34. The van der Waals surface area contributed by atoms with E-state index in [9.17, 15) is 4.79 Å². The van der Waals surface area contributed by atoms with Crippen molar-refractivity contribution in [2.45, 2.75) is 50.9 Å². The number of nitrogens with two attached hydrogens (primary N) is 1. The summed E-state index contributed by atoms with van der Waals surface area (Å²) in [7, 11) is 1.63. The maximum Gasteiger partial charge on any atom is 0.257 e. The number of rotatable bonds is 5. The zero-order chi connectivity index (χ0) is 25.7. The summed E-state index contributed by atoms with van der Waals surface area (Å²) in [4.78, 5) is 24.6. The molecule has 3 heterocycles. The molecule has 9 nitrogen and oxygen atoms in total. The molecule has 2 aromatic carbocycles. The number of fused-ring (bicyclic) bond motifs is 2. The Bertz CT molecular complexity index is 1480. The van der Waals surface area contributed by atoms with Crippen molar-refractivity contribution in [2.24, 2.45) is 0 Å². The molecule has 1 amide bonds. The summed E-state index contributed by atoms with van der Waals surface area (Å²) >= 11 is 6.55. The molecule has 1 fully saturated rings. The molecule has 37 heavy (non-hydrogen) atoms. The predicted octanol–water partition coefficient (Wildman–Crippen LogP) is 5.14. The summed E-state index contributed by atoms with van der Waals surface area (Å²) in [5.74, 6) is 1.08. The number of nitrogen functional groups attached to an aromatic ring is 1. The number of benzene rings is 2. The highest BCUT2D eigenvalue weighted by Crippen LogP contribution is 2.40. The van der Waals surface area contributed by atoms with E-state index in [1.165, 1.54) is 6.33 Å². The van der Waals surface area contributed by atoms with Gasteiger partial charge in [-0.3, -0.25) is 4.79 Å². The zero-order valence-corrected chi connectivity index (χ0v) is 21.4. The van der Waals surface area contributed by atoms with Gasteiger partial charge < -0.3 is 20.7 Å². The fourth-order valence-electron chi connectivity index (χ4n) is 5.62. The van der Waals surface area contributed by atoms with E-state index in [-0.39, 0.29) is 24.2 Å². The van der Waals surface area contributed by atoms with Gasteiger partial charge in [-0.1, -0.05) is 30.5 Å². The number of carbonyl (C=O) groups excluding carboxylic acids is 1. The first kappa shape index (κ1) is 23.5. The summed E-state index contributed by atoms with van der Waals surface area (Å²) in [6.45, 7) is 2.04. The van der Waals surface area contributed by atoms with Gasteiger partial charge in [0.15, 0.2) is 5.65 Å². The number of nitrogens with one attached hydrogen (secondary N) is 1. The Kier molecular flexibility index (Phi) is 5.87. The van der Waals surface area contributed by atoms with Gasteiger partial charge >= 0.3 is 0 Å². The van der Waals surface area contributed by atoms with Gasteiger partial charge in [0.1, 0.15) is 29.8 Å². The Hall–Kier alpha value is -3.85. The third kappa shape index (κ3) is 3.85. The monoisotopic (exact) mass is 517 g/mol. The largest absolute Gasteiger partial charge is 0.497 e. The number of aromatic nitrogens is 4. The highest BCUT2D eigenvalue weighted by atomic mass is 35.5. The van der Waals surface area contributed by atoms with Crippen LogP contribution < -0.4 is 15.8 Å². The van der Waals surface area contributed by atoms with Crippen LogP contribution in [-0.4, -0.2) is 49.9 Å². The zero-order valence-electron chi connectivity index (χ0n) is 20.7. The van der Waals surface area contributed by atoms with Crippen LogP contribution in [0.2, 0.25) is 5.02 Å². The van der Waals surface area contributed by atoms with Gasteiger partial charge in [-0.15, -0.1) is 0 Å². The maximum atomic E-state index is 13.8. The number of nitrogens with zero attached hydrogens (tertiary/aromatic N) is 5. The van der Waals surface area contributed by atoms with Crippen molar-refractivity contribution < 1.29 is 9.53 Å². The molecule has 1 aliphatic heterocycles. The number of methoxy groups -OCH3 is 1. The SMILES string of the molecule is COc1ccc(-c2nn(C(C)C3Nc4c(Cl)cccc4C(=O)N3C3CCCC3)c3ncnc(N)c23)cc1. The lowest BCUT2D eigenvalue weighted by Gasteiger charge is -2.44. The number of amides is 1. The second-order valence-electron chi connectivity index (χ2n) is 9.62. The molecule has 1 aliphatic carbocycles. The first-order chi connectivity index (χ1) is 18.0. The van der Waals surface area contributed by atoms with Crippen molar-refractivity contribution in [3.8, 4) is 17.0 Å². The highest BCUT2D eigenvalue weighted by Gasteiger charge is 2.42. The lowest BCUT2D eigenvalue weighted by Crippen LogP contribution is -2.56. The second kappa shape index (κ2) is 9.23.